The van der Waals surface area contributed by atoms with Gasteiger partial charge in [0, 0.05) is 18.0 Å². The highest BCUT2D eigenvalue weighted by molar-refractivity contribution is 5.85. The van der Waals surface area contributed by atoms with Gasteiger partial charge in [-0.05, 0) is 107 Å². The molecule has 0 fully saturated rings. The average molecular weight is 614 g/mol. The molecular formula is C41H31N3O3. The molecule has 0 bridgehead atoms. The standard InChI is InChI=1S/C41H31N3O3/c1-3-8-32(9-4-1)28-45-37-19-14-30(15-20-37)26-42-35-13-7-12-34(24-35)41-44-39-25-36(18-23-40(39)47-41)43-27-31-16-21-38(22-17-31)46-29-33-10-5-2-6-11-33/h1-27H,28-29H2. The van der Waals surface area contributed by atoms with Gasteiger partial charge in [-0.2, -0.15) is 0 Å². The first-order valence-electron chi connectivity index (χ1n) is 15.4. The van der Waals surface area contributed by atoms with Gasteiger partial charge in [-0.3, -0.25) is 9.98 Å². The lowest BCUT2D eigenvalue weighted by Gasteiger charge is -2.06. The van der Waals surface area contributed by atoms with Crippen LogP contribution in [0.2, 0.25) is 0 Å². The van der Waals surface area contributed by atoms with Gasteiger partial charge < -0.3 is 13.9 Å². The molecule has 1 heterocycles. The molecule has 47 heavy (non-hydrogen) atoms. The fourth-order valence-electron chi connectivity index (χ4n) is 4.92. The first-order valence-corrected chi connectivity index (χ1v) is 15.4. The highest BCUT2D eigenvalue weighted by Gasteiger charge is 2.09. The van der Waals surface area contributed by atoms with Gasteiger partial charge in [0.1, 0.15) is 30.2 Å². The van der Waals surface area contributed by atoms with Crippen molar-refractivity contribution < 1.29 is 13.9 Å². The summed E-state index contributed by atoms with van der Waals surface area (Å²) in [5.74, 6) is 2.16. The van der Waals surface area contributed by atoms with E-state index in [2.05, 4.69) is 9.98 Å². The smallest absolute Gasteiger partial charge is 0.227 e. The Morgan fingerprint density at radius 2 is 1.09 bits per heavy atom. The Hall–Kier alpha value is -6.27. The van der Waals surface area contributed by atoms with E-state index in [1.54, 1.807) is 0 Å². The van der Waals surface area contributed by atoms with Crippen molar-refractivity contribution in [2.24, 2.45) is 9.98 Å². The second-order valence-corrected chi connectivity index (χ2v) is 10.9. The molecular weight excluding hydrogens is 582 g/mol. The number of benzene rings is 6. The monoisotopic (exact) mass is 613 g/mol. The van der Waals surface area contributed by atoms with E-state index in [1.165, 1.54) is 0 Å². The maximum Gasteiger partial charge on any atom is 0.227 e. The van der Waals surface area contributed by atoms with Crippen LogP contribution < -0.4 is 9.47 Å². The summed E-state index contributed by atoms with van der Waals surface area (Å²) in [6.07, 6.45) is 3.66. The van der Waals surface area contributed by atoms with Gasteiger partial charge >= 0.3 is 0 Å². The minimum atomic E-state index is 0.532. The highest BCUT2D eigenvalue weighted by atomic mass is 16.5. The van der Waals surface area contributed by atoms with Crippen LogP contribution in [-0.2, 0) is 13.2 Å². The molecule has 0 radical (unpaired) electrons. The Balaban J connectivity index is 0.975. The van der Waals surface area contributed by atoms with Crippen LogP contribution in [0.5, 0.6) is 11.5 Å². The van der Waals surface area contributed by atoms with Gasteiger partial charge in [0.15, 0.2) is 5.58 Å². The predicted molar refractivity (Wildman–Crippen MR) is 188 cm³/mol. The number of ether oxygens (including phenoxy) is 2. The SMILES string of the molecule is C(=Nc1cccc(-c2nc3cc(N=Cc4ccc(OCc5ccccc5)cc4)ccc3o2)c1)c1ccc(OCc2ccccc2)cc1. The third-order valence-electron chi connectivity index (χ3n) is 7.45. The molecule has 0 aliphatic carbocycles. The van der Waals surface area contributed by atoms with Crippen molar-refractivity contribution in [3.05, 3.63) is 174 Å². The van der Waals surface area contributed by atoms with E-state index in [4.69, 9.17) is 18.9 Å². The third kappa shape index (κ3) is 7.88. The van der Waals surface area contributed by atoms with Crippen LogP contribution in [0.15, 0.2) is 166 Å². The molecule has 0 aliphatic rings. The van der Waals surface area contributed by atoms with Crippen LogP contribution in [0.3, 0.4) is 0 Å². The molecule has 0 unspecified atom stereocenters. The zero-order valence-electron chi connectivity index (χ0n) is 25.6. The van der Waals surface area contributed by atoms with Crippen molar-refractivity contribution >= 4 is 34.9 Å². The Kier molecular flexibility index (Phi) is 8.91. The number of nitrogens with zero attached hydrogens (tertiary/aromatic N) is 3. The molecule has 228 valence electrons. The van der Waals surface area contributed by atoms with Gasteiger partial charge in [-0.25, -0.2) is 4.98 Å². The van der Waals surface area contributed by atoms with Gasteiger partial charge in [0.05, 0.1) is 11.4 Å². The quantitative estimate of drug-likeness (QED) is 0.136. The summed E-state index contributed by atoms with van der Waals surface area (Å²) in [5, 5.41) is 0. The van der Waals surface area contributed by atoms with Crippen molar-refractivity contribution in [2.45, 2.75) is 13.2 Å². The van der Waals surface area contributed by atoms with E-state index in [9.17, 15) is 0 Å². The molecule has 0 spiro atoms. The molecule has 6 heteroatoms. The maximum absolute atomic E-state index is 6.08. The highest BCUT2D eigenvalue weighted by Crippen LogP contribution is 2.29. The average Bonchev–Trinajstić information content (AvgIpc) is 3.57. The van der Waals surface area contributed by atoms with Crippen LogP contribution in [0.4, 0.5) is 11.4 Å². The van der Waals surface area contributed by atoms with E-state index in [0.29, 0.717) is 24.7 Å². The first-order chi connectivity index (χ1) is 23.2. The maximum atomic E-state index is 6.08. The second kappa shape index (κ2) is 14.2. The number of fused-ring (bicyclic) bond motifs is 1. The van der Waals surface area contributed by atoms with Gasteiger partial charge in [-0.1, -0.05) is 66.7 Å². The van der Waals surface area contributed by atoms with E-state index in [1.807, 2.05) is 164 Å². The van der Waals surface area contributed by atoms with Crippen LogP contribution in [0, 0.1) is 0 Å². The van der Waals surface area contributed by atoms with Crippen LogP contribution in [0.1, 0.15) is 22.3 Å². The van der Waals surface area contributed by atoms with Crippen molar-refractivity contribution in [2.75, 3.05) is 0 Å². The van der Waals surface area contributed by atoms with Crippen LogP contribution in [0.25, 0.3) is 22.6 Å². The largest absolute Gasteiger partial charge is 0.489 e. The number of rotatable bonds is 11. The molecule has 1 aromatic heterocycles. The molecule has 0 atom stereocenters. The Labute approximate surface area is 273 Å². The molecule has 7 rings (SSSR count). The molecule has 6 aromatic carbocycles. The van der Waals surface area contributed by atoms with E-state index in [0.717, 1.165) is 56.2 Å². The summed E-state index contributed by atoms with van der Waals surface area (Å²) < 4.78 is 17.9. The molecule has 7 aromatic rings. The lowest BCUT2D eigenvalue weighted by Crippen LogP contribution is -1.94. The topological polar surface area (TPSA) is 69.2 Å². The van der Waals surface area contributed by atoms with Crippen molar-refractivity contribution in [3.8, 4) is 23.0 Å². The molecule has 0 N–H and O–H groups in total. The lowest BCUT2D eigenvalue weighted by molar-refractivity contribution is 0.306. The molecule has 0 saturated heterocycles. The van der Waals surface area contributed by atoms with Gasteiger partial charge in [0.2, 0.25) is 5.89 Å². The summed E-state index contributed by atoms with van der Waals surface area (Å²) in [5.41, 5.74) is 8.09. The van der Waals surface area contributed by atoms with E-state index < -0.39 is 0 Å². The van der Waals surface area contributed by atoms with Crippen LogP contribution in [-0.4, -0.2) is 17.4 Å². The zero-order valence-corrected chi connectivity index (χ0v) is 25.6. The fraction of sp³-hybridized carbons (Fsp3) is 0.0488. The number of aromatic nitrogens is 1. The first kappa shape index (κ1) is 29.4. The molecule has 0 amide bonds. The number of aliphatic imine (C=N–C) groups is 2. The fourth-order valence-corrected chi connectivity index (χ4v) is 4.92. The summed E-state index contributed by atoms with van der Waals surface area (Å²) in [7, 11) is 0. The van der Waals surface area contributed by atoms with Crippen LogP contribution >= 0.6 is 0 Å². The van der Waals surface area contributed by atoms with Gasteiger partial charge in [0.25, 0.3) is 0 Å². The Morgan fingerprint density at radius 1 is 0.532 bits per heavy atom. The third-order valence-corrected chi connectivity index (χ3v) is 7.45. The second-order valence-electron chi connectivity index (χ2n) is 10.9. The molecule has 6 nitrogen and oxygen atoms in total. The van der Waals surface area contributed by atoms with Crippen molar-refractivity contribution in [1.29, 1.82) is 0 Å². The number of hydrogen-bond donors (Lipinski definition) is 0. The lowest BCUT2D eigenvalue weighted by atomic mass is 10.2. The number of oxazole rings is 1. The summed E-state index contributed by atoms with van der Waals surface area (Å²) in [6.45, 7) is 1.07. The summed E-state index contributed by atoms with van der Waals surface area (Å²) >= 11 is 0. The van der Waals surface area contributed by atoms with Crippen molar-refractivity contribution in [1.82, 2.24) is 4.98 Å². The molecule has 0 saturated carbocycles. The zero-order chi connectivity index (χ0) is 31.7. The molecule has 0 aliphatic heterocycles. The predicted octanol–water partition coefficient (Wildman–Crippen LogP) is 10.2. The Bertz CT molecular complexity index is 2120. The van der Waals surface area contributed by atoms with Gasteiger partial charge in [-0.15, -0.1) is 0 Å². The minimum Gasteiger partial charge on any atom is -0.489 e. The number of hydrogen-bond acceptors (Lipinski definition) is 6. The minimum absolute atomic E-state index is 0.532. The summed E-state index contributed by atoms with van der Waals surface area (Å²) in [6, 6.07) is 49.6. The van der Waals surface area contributed by atoms with E-state index in [-0.39, 0.29) is 0 Å². The Morgan fingerprint density at radius 3 is 1.66 bits per heavy atom. The van der Waals surface area contributed by atoms with E-state index >= 15 is 0 Å². The van der Waals surface area contributed by atoms with Crippen molar-refractivity contribution in [3.63, 3.8) is 0 Å². The normalized spacial score (nSPS) is 11.4. The summed E-state index contributed by atoms with van der Waals surface area (Å²) in [4.78, 5) is 14.1.